The van der Waals surface area contributed by atoms with E-state index in [0.29, 0.717) is 5.69 Å². The first-order valence-electron chi connectivity index (χ1n) is 8.93. The molecule has 0 radical (unpaired) electrons. The molecule has 0 atom stereocenters. The third-order valence-corrected chi connectivity index (χ3v) is 5.30. The minimum absolute atomic E-state index is 0.117. The van der Waals surface area contributed by atoms with E-state index in [1.54, 1.807) is 0 Å². The molecule has 1 amide bonds. The maximum atomic E-state index is 12.5. The molecule has 1 aliphatic heterocycles. The van der Waals surface area contributed by atoms with Crippen molar-refractivity contribution >= 4 is 17.3 Å². The van der Waals surface area contributed by atoms with E-state index in [2.05, 4.69) is 39.5 Å². The molecule has 4 rings (SSSR count). The average molecular weight is 324 g/mol. The van der Waals surface area contributed by atoms with Gasteiger partial charge in [-0.1, -0.05) is 6.92 Å². The largest absolute Gasteiger partial charge is 0.372 e. The molecule has 1 aliphatic carbocycles. The van der Waals surface area contributed by atoms with Crippen LogP contribution >= 0.6 is 0 Å². The summed E-state index contributed by atoms with van der Waals surface area (Å²) in [6, 6.07) is 8.16. The number of amides is 1. The second kappa shape index (κ2) is 6.30. The van der Waals surface area contributed by atoms with E-state index in [-0.39, 0.29) is 5.91 Å². The monoisotopic (exact) mass is 324 g/mol. The minimum Gasteiger partial charge on any atom is -0.372 e. The standard InChI is InChI=1S/C19H24N4O/c1-13-9-11-23(12-10-13)15-7-5-14(6-8-15)20-19(24)18-16-3-2-4-17(16)21-22-18/h5-8,13H,2-4,9-12H2,1H3,(H,20,24)(H,21,22). The van der Waals surface area contributed by atoms with E-state index >= 15 is 0 Å². The Kier molecular flexibility index (Phi) is 4.00. The fourth-order valence-electron chi connectivity index (χ4n) is 3.72. The van der Waals surface area contributed by atoms with Crippen LogP contribution in [0.2, 0.25) is 0 Å². The highest BCUT2D eigenvalue weighted by molar-refractivity contribution is 6.04. The summed E-state index contributed by atoms with van der Waals surface area (Å²) in [4.78, 5) is 14.9. The zero-order valence-corrected chi connectivity index (χ0v) is 14.1. The van der Waals surface area contributed by atoms with Crippen molar-refractivity contribution in [3.8, 4) is 0 Å². The first-order chi connectivity index (χ1) is 11.7. The number of carbonyl (C=O) groups excluding carboxylic acids is 1. The maximum absolute atomic E-state index is 12.5. The smallest absolute Gasteiger partial charge is 0.276 e. The van der Waals surface area contributed by atoms with Crippen LogP contribution in [0.25, 0.3) is 0 Å². The van der Waals surface area contributed by atoms with Gasteiger partial charge in [0, 0.05) is 35.7 Å². The first-order valence-corrected chi connectivity index (χ1v) is 8.93. The van der Waals surface area contributed by atoms with Crippen LogP contribution in [-0.4, -0.2) is 29.2 Å². The number of hydrogen-bond acceptors (Lipinski definition) is 3. The summed E-state index contributed by atoms with van der Waals surface area (Å²) < 4.78 is 0. The second-order valence-corrected chi connectivity index (χ2v) is 7.05. The van der Waals surface area contributed by atoms with Crippen molar-refractivity contribution in [3.05, 3.63) is 41.2 Å². The summed E-state index contributed by atoms with van der Waals surface area (Å²) in [7, 11) is 0. The lowest BCUT2D eigenvalue weighted by atomic mass is 9.99. The summed E-state index contributed by atoms with van der Waals surface area (Å²) in [6.45, 7) is 4.56. The van der Waals surface area contributed by atoms with Crippen LogP contribution < -0.4 is 10.2 Å². The fraction of sp³-hybridized carbons (Fsp3) is 0.474. The Hall–Kier alpha value is -2.30. The van der Waals surface area contributed by atoms with E-state index in [4.69, 9.17) is 0 Å². The molecule has 1 aromatic carbocycles. The highest BCUT2D eigenvalue weighted by atomic mass is 16.1. The van der Waals surface area contributed by atoms with E-state index in [1.165, 1.54) is 18.5 Å². The Morgan fingerprint density at radius 1 is 1.21 bits per heavy atom. The highest BCUT2D eigenvalue weighted by Crippen LogP contribution is 2.26. The van der Waals surface area contributed by atoms with Gasteiger partial charge in [-0.15, -0.1) is 0 Å². The quantitative estimate of drug-likeness (QED) is 0.910. The molecule has 1 fully saturated rings. The lowest BCUT2D eigenvalue weighted by Gasteiger charge is -2.32. The molecule has 5 nitrogen and oxygen atoms in total. The van der Waals surface area contributed by atoms with E-state index in [9.17, 15) is 4.79 Å². The van der Waals surface area contributed by atoms with Crippen LogP contribution in [0.3, 0.4) is 0 Å². The van der Waals surface area contributed by atoms with Gasteiger partial charge in [-0.25, -0.2) is 0 Å². The molecule has 0 bridgehead atoms. The fourth-order valence-corrected chi connectivity index (χ4v) is 3.72. The number of aryl methyl sites for hydroxylation is 1. The van der Waals surface area contributed by atoms with Crippen molar-refractivity contribution in [2.24, 2.45) is 5.92 Å². The number of piperidine rings is 1. The predicted molar refractivity (Wildman–Crippen MR) is 95.6 cm³/mol. The van der Waals surface area contributed by atoms with Gasteiger partial charge in [-0.05, 0) is 62.3 Å². The Bertz CT molecular complexity index is 726. The zero-order valence-electron chi connectivity index (χ0n) is 14.1. The molecule has 24 heavy (non-hydrogen) atoms. The number of hydrogen-bond donors (Lipinski definition) is 2. The first kappa shape index (κ1) is 15.2. The van der Waals surface area contributed by atoms with E-state index in [0.717, 1.165) is 55.2 Å². The van der Waals surface area contributed by atoms with Crippen molar-refractivity contribution in [2.45, 2.75) is 39.0 Å². The van der Waals surface area contributed by atoms with Crippen molar-refractivity contribution in [3.63, 3.8) is 0 Å². The molecular formula is C19H24N4O. The number of fused-ring (bicyclic) bond motifs is 1. The molecule has 126 valence electrons. The number of H-pyrrole nitrogens is 1. The number of benzene rings is 1. The lowest BCUT2D eigenvalue weighted by molar-refractivity contribution is 0.102. The Balaban J connectivity index is 1.42. The molecule has 2 N–H and O–H groups in total. The third-order valence-electron chi connectivity index (χ3n) is 5.30. The number of nitrogens with zero attached hydrogens (tertiary/aromatic N) is 2. The normalized spacial score (nSPS) is 17.8. The van der Waals surface area contributed by atoms with Crippen LogP contribution in [0.4, 0.5) is 11.4 Å². The molecule has 5 heteroatoms. The highest BCUT2D eigenvalue weighted by Gasteiger charge is 2.23. The summed E-state index contributed by atoms with van der Waals surface area (Å²) >= 11 is 0. The summed E-state index contributed by atoms with van der Waals surface area (Å²) in [5.74, 6) is 0.712. The van der Waals surface area contributed by atoms with Crippen LogP contribution in [-0.2, 0) is 12.8 Å². The van der Waals surface area contributed by atoms with Crippen LogP contribution in [0, 0.1) is 5.92 Å². The Morgan fingerprint density at radius 3 is 2.71 bits per heavy atom. The molecule has 0 saturated carbocycles. The Labute approximate surface area is 142 Å². The van der Waals surface area contributed by atoms with Gasteiger partial charge in [-0.3, -0.25) is 9.89 Å². The maximum Gasteiger partial charge on any atom is 0.276 e. The summed E-state index contributed by atoms with van der Waals surface area (Å²) in [6.07, 6.45) is 5.55. The van der Waals surface area contributed by atoms with Crippen LogP contribution in [0.5, 0.6) is 0 Å². The van der Waals surface area contributed by atoms with Gasteiger partial charge >= 0.3 is 0 Å². The summed E-state index contributed by atoms with van der Waals surface area (Å²) in [5, 5.41) is 10.1. The molecule has 1 aromatic heterocycles. The van der Waals surface area contributed by atoms with E-state index in [1.807, 2.05) is 12.1 Å². The molecule has 0 unspecified atom stereocenters. The zero-order chi connectivity index (χ0) is 16.5. The molecule has 2 aliphatic rings. The molecular weight excluding hydrogens is 300 g/mol. The molecule has 0 spiro atoms. The number of aromatic amines is 1. The van der Waals surface area contributed by atoms with Gasteiger partial charge in [0.05, 0.1) is 0 Å². The number of aromatic nitrogens is 2. The number of anilines is 2. The SMILES string of the molecule is CC1CCN(c2ccc(NC(=O)c3n[nH]c4c3CCC4)cc2)CC1. The number of carbonyl (C=O) groups is 1. The predicted octanol–water partition coefficient (Wildman–Crippen LogP) is 3.39. The van der Waals surface area contributed by atoms with Gasteiger partial charge in [0.1, 0.15) is 0 Å². The van der Waals surface area contributed by atoms with Crippen LogP contribution in [0.15, 0.2) is 24.3 Å². The third kappa shape index (κ3) is 2.90. The van der Waals surface area contributed by atoms with Gasteiger partial charge in [0.25, 0.3) is 5.91 Å². The van der Waals surface area contributed by atoms with Crippen molar-refractivity contribution in [1.82, 2.24) is 10.2 Å². The second-order valence-electron chi connectivity index (χ2n) is 7.05. The molecule has 2 heterocycles. The van der Waals surface area contributed by atoms with Crippen molar-refractivity contribution in [2.75, 3.05) is 23.3 Å². The average Bonchev–Trinajstić information content (AvgIpc) is 3.19. The summed E-state index contributed by atoms with van der Waals surface area (Å²) in [5.41, 5.74) is 4.82. The Morgan fingerprint density at radius 2 is 1.96 bits per heavy atom. The number of rotatable bonds is 3. The van der Waals surface area contributed by atoms with Crippen molar-refractivity contribution in [1.29, 1.82) is 0 Å². The van der Waals surface area contributed by atoms with Gasteiger partial charge < -0.3 is 10.2 Å². The molecule has 2 aromatic rings. The van der Waals surface area contributed by atoms with E-state index < -0.39 is 0 Å². The lowest BCUT2D eigenvalue weighted by Crippen LogP contribution is -2.32. The topological polar surface area (TPSA) is 61.0 Å². The minimum atomic E-state index is -0.117. The molecule has 1 saturated heterocycles. The van der Waals surface area contributed by atoms with Gasteiger partial charge in [0.2, 0.25) is 0 Å². The van der Waals surface area contributed by atoms with Crippen LogP contribution in [0.1, 0.15) is 47.9 Å². The number of nitrogens with one attached hydrogen (secondary N) is 2. The van der Waals surface area contributed by atoms with Gasteiger partial charge in [0.15, 0.2) is 5.69 Å². The van der Waals surface area contributed by atoms with Crippen molar-refractivity contribution < 1.29 is 4.79 Å². The van der Waals surface area contributed by atoms with Gasteiger partial charge in [-0.2, -0.15) is 5.10 Å².